The number of benzene rings is 1. The Morgan fingerprint density at radius 2 is 2.00 bits per heavy atom. The molecule has 0 saturated carbocycles. The highest BCUT2D eigenvalue weighted by Crippen LogP contribution is 2.17. The van der Waals surface area contributed by atoms with Crippen LogP contribution >= 0.6 is 12.4 Å². The van der Waals surface area contributed by atoms with E-state index in [-0.39, 0.29) is 30.4 Å². The van der Waals surface area contributed by atoms with Crippen LogP contribution in [0.1, 0.15) is 19.4 Å². The number of para-hydroxylation sites is 1. The van der Waals surface area contributed by atoms with Gasteiger partial charge in [-0.15, -0.1) is 12.4 Å². The first-order chi connectivity index (χ1) is 8.29. The molecule has 0 aromatic heterocycles. The van der Waals surface area contributed by atoms with Gasteiger partial charge in [0, 0.05) is 23.7 Å². The van der Waals surface area contributed by atoms with Crippen molar-refractivity contribution < 1.29 is 9.72 Å². The van der Waals surface area contributed by atoms with E-state index in [0.717, 1.165) is 0 Å². The number of rotatable bonds is 5. The average Bonchev–Trinajstić information content (AvgIpc) is 2.26. The van der Waals surface area contributed by atoms with Crippen molar-refractivity contribution in [3.05, 3.63) is 39.9 Å². The van der Waals surface area contributed by atoms with Crippen LogP contribution in [0.25, 0.3) is 0 Å². The fourth-order valence-corrected chi connectivity index (χ4v) is 1.40. The standard InChI is InChI=1S/C12H17N3O3.ClH/c1-12(2,13)8-14-11(16)7-9-5-3-4-6-10(9)15(17)18;/h3-6H,7-8,13H2,1-2H3,(H,14,16);1H. The number of halogens is 1. The lowest BCUT2D eigenvalue weighted by molar-refractivity contribution is -0.385. The van der Waals surface area contributed by atoms with Crippen LogP contribution in [0, 0.1) is 10.1 Å². The van der Waals surface area contributed by atoms with Crippen LogP contribution in [0.15, 0.2) is 24.3 Å². The molecular weight excluding hydrogens is 270 g/mol. The van der Waals surface area contributed by atoms with Crippen molar-refractivity contribution >= 4 is 24.0 Å². The zero-order valence-electron chi connectivity index (χ0n) is 10.9. The summed E-state index contributed by atoms with van der Waals surface area (Å²) in [5.74, 6) is -0.275. The highest BCUT2D eigenvalue weighted by atomic mass is 35.5. The van der Waals surface area contributed by atoms with E-state index in [4.69, 9.17) is 5.73 Å². The fourth-order valence-electron chi connectivity index (χ4n) is 1.40. The van der Waals surface area contributed by atoms with Crippen molar-refractivity contribution in [3.63, 3.8) is 0 Å². The number of nitrogens with two attached hydrogens (primary N) is 1. The van der Waals surface area contributed by atoms with Gasteiger partial charge >= 0.3 is 0 Å². The molecule has 19 heavy (non-hydrogen) atoms. The highest BCUT2D eigenvalue weighted by molar-refractivity contribution is 5.85. The zero-order valence-corrected chi connectivity index (χ0v) is 11.7. The third kappa shape index (κ3) is 6.17. The Morgan fingerprint density at radius 3 is 2.53 bits per heavy atom. The maximum Gasteiger partial charge on any atom is 0.273 e. The third-order valence-electron chi connectivity index (χ3n) is 2.28. The van der Waals surface area contributed by atoms with E-state index in [1.54, 1.807) is 32.0 Å². The molecule has 7 heteroatoms. The van der Waals surface area contributed by atoms with Crippen LogP contribution in [0.5, 0.6) is 0 Å². The molecule has 0 fully saturated rings. The Morgan fingerprint density at radius 1 is 1.42 bits per heavy atom. The Balaban J connectivity index is 0.00000324. The quantitative estimate of drug-likeness (QED) is 0.632. The number of nitro benzene ring substituents is 1. The molecule has 1 rings (SSSR count). The Hall–Kier alpha value is -1.66. The predicted molar refractivity (Wildman–Crippen MR) is 75.3 cm³/mol. The van der Waals surface area contributed by atoms with Crippen LogP contribution in [0.3, 0.4) is 0 Å². The summed E-state index contributed by atoms with van der Waals surface area (Å²) in [5.41, 5.74) is 5.59. The van der Waals surface area contributed by atoms with Crippen molar-refractivity contribution in [1.29, 1.82) is 0 Å². The third-order valence-corrected chi connectivity index (χ3v) is 2.28. The Kier molecular flexibility index (Phi) is 6.44. The number of nitro groups is 1. The Labute approximate surface area is 117 Å². The normalized spacial score (nSPS) is 10.5. The minimum Gasteiger partial charge on any atom is -0.354 e. The largest absolute Gasteiger partial charge is 0.354 e. The molecule has 1 amide bonds. The van der Waals surface area contributed by atoms with E-state index < -0.39 is 10.5 Å². The summed E-state index contributed by atoms with van der Waals surface area (Å²) in [6.07, 6.45) is -0.0206. The van der Waals surface area contributed by atoms with Gasteiger partial charge in [-0.1, -0.05) is 18.2 Å². The van der Waals surface area contributed by atoms with Gasteiger partial charge in [-0.05, 0) is 13.8 Å². The van der Waals surface area contributed by atoms with E-state index in [2.05, 4.69) is 5.32 Å². The van der Waals surface area contributed by atoms with Crippen molar-refractivity contribution in [2.24, 2.45) is 5.73 Å². The summed E-state index contributed by atoms with van der Waals surface area (Å²) >= 11 is 0. The van der Waals surface area contributed by atoms with Gasteiger partial charge in [0.1, 0.15) is 0 Å². The molecule has 1 aromatic rings. The van der Waals surface area contributed by atoms with Gasteiger partial charge in [0.05, 0.1) is 11.3 Å². The Bertz CT molecular complexity index is 458. The van der Waals surface area contributed by atoms with Gasteiger partial charge in [-0.2, -0.15) is 0 Å². The lowest BCUT2D eigenvalue weighted by Crippen LogP contribution is -2.45. The summed E-state index contributed by atoms with van der Waals surface area (Å²) < 4.78 is 0. The van der Waals surface area contributed by atoms with E-state index in [0.29, 0.717) is 12.1 Å². The summed E-state index contributed by atoms with van der Waals surface area (Å²) in [6, 6.07) is 6.20. The monoisotopic (exact) mass is 287 g/mol. The van der Waals surface area contributed by atoms with Gasteiger partial charge in [0.15, 0.2) is 0 Å². The average molecular weight is 288 g/mol. The second-order valence-corrected chi connectivity index (χ2v) is 4.83. The van der Waals surface area contributed by atoms with Crippen molar-refractivity contribution in [3.8, 4) is 0 Å². The fraction of sp³-hybridized carbons (Fsp3) is 0.417. The summed E-state index contributed by atoms with van der Waals surface area (Å²) in [7, 11) is 0. The summed E-state index contributed by atoms with van der Waals surface area (Å²) in [5, 5.41) is 13.4. The van der Waals surface area contributed by atoms with Crippen molar-refractivity contribution in [1.82, 2.24) is 5.32 Å². The lowest BCUT2D eigenvalue weighted by atomic mass is 10.1. The number of amides is 1. The highest BCUT2D eigenvalue weighted by Gasteiger charge is 2.17. The van der Waals surface area contributed by atoms with Crippen LogP contribution in [0.2, 0.25) is 0 Å². The molecular formula is C12H18ClN3O3. The van der Waals surface area contributed by atoms with Gasteiger partial charge < -0.3 is 11.1 Å². The number of hydrogen-bond acceptors (Lipinski definition) is 4. The number of carbonyl (C=O) groups is 1. The van der Waals surface area contributed by atoms with Gasteiger partial charge in [0.25, 0.3) is 5.69 Å². The van der Waals surface area contributed by atoms with E-state index in [1.165, 1.54) is 6.07 Å². The molecule has 0 bridgehead atoms. The van der Waals surface area contributed by atoms with Gasteiger partial charge in [-0.3, -0.25) is 14.9 Å². The molecule has 0 radical (unpaired) electrons. The number of nitrogens with zero attached hydrogens (tertiary/aromatic N) is 1. The minimum atomic E-state index is -0.502. The molecule has 106 valence electrons. The van der Waals surface area contributed by atoms with Gasteiger partial charge in [-0.25, -0.2) is 0 Å². The minimum absolute atomic E-state index is 0. The van der Waals surface area contributed by atoms with E-state index in [9.17, 15) is 14.9 Å². The van der Waals surface area contributed by atoms with E-state index in [1.807, 2.05) is 0 Å². The number of carbonyl (C=O) groups excluding carboxylic acids is 1. The van der Waals surface area contributed by atoms with Crippen LogP contribution in [-0.2, 0) is 11.2 Å². The predicted octanol–water partition coefficient (Wildman–Crippen LogP) is 1.41. The topological polar surface area (TPSA) is 98.3 Å². The molecule has 3 N–H and O–H groups in total. The first-order valence-electron chi connectivity index (χ1n) is 5.57. The first-order valence-corrected chi connectivity index (χ1v) is 5.57. The van der Waals surface area contributed by atoms with Gasteiger partial charge in [0.2, 0.25) is 5.91 Å². The van der Waals surface area contributed by atoms with E-state index >= 15 is 0 Å². The zero-order chi connectivity index (χ0) is 13.8. The second-order valence-electron chi connectivity index (χ2n) is 4.83. The molecule has 1 aromatic carbocycles. The first kappa shape index (κ1) is 17.3. The number of nitrogens with one attached hydrogen (secondary N) is 1. The van der Waals surface area contributed by atoms with Crippen LogP contribution in [-0.4, -0.2) is 22.9 Å². The molecule has 0 atom stereocenters. The second kappa shape index (κ2) is 7.06. The van der Waals surface area contributed by atoms with Crippen LogP contribution in [0.4, 0.5) is 5.69 Å². The molecule has 0 spiro atoms. The maximum absolute atomic E-state index is 11.6. The SMILES string of the molecule is CC(C)(N)CNC(=O)Cc1ccccc1[N+](=O)[O-].Cl. The van der Waals surface area contributed by atoms with Crippen molar-refractivity contribution in [2.75, 3.05) is 6.54 Å². The molecule has 0 unspecified atom stereocenters. The molecule has 0 heterocycles. The number of hydrogen-bond donors (Lipinski definition) is 2. The smallest absolute Gasteiger partial charge is 0.273 e. The molecule has 6 nitrogen and oxygen atoms in total. The van der Waals surface area contributed by atoms with Crippen LogP contribution < -0.4 is 11.1 Å². The maximum atomic E-state index is 11.6. The molecule has 0 aliphatic heterocycles. The summed E-state index contributed by atoms with van der Waals surface area (Å²) in [4.78, 5) is 21.9. The van der Waals surface area contributed by atoms with Crippen molar-refractivity contribution in [2.45, 2.75) is 25.8 Å². The molecule has 0 aliphatic rings. The lowest BCUT2D eigenvalue weighted by Gasteiger charge is -2.18. The molecule has 0 saturated heterocycles. The molecule has 0 aliphatic carbocycles. The summed E-state index contributed by atoms with van der Waals surface area (Å²) in [6.45, 7) is 3.91.